The van der Waals surface area contributed by atoms with Gasteiger partial charge in [0.15, 0.2) is 0 Å². The fourth-order valence-corrected chi connectivity index (χ4v) is 5.11. The Labute approximate surface area is 171 Å². The van der Waals surface area contributed by atoms with Gasteiger partial charge in [0.05, 0.1) is 10.6 Å². The number of anilines is 1. The second kappa shape index (κ2) is 7.72. The molecule has 29 heavy (non-hydrogen) atoms. The zero-order valence-corrected chi connectivity index (χ0v) is 16.9. The minimum Gasteiger partial charge on any atom is -0.348 e. The number of benzene rings is 3. The van der Waals surface area contributed by atoms with E-state index in [0.717, 1.165) is 16.7 Å². The van der Waals surface area contributed by atoms with Crippen molar-refractivity contribution < 1.29 is 13.2 Å². The van der Waals surface area contributed by atoms with Gasteiger partial charge in [-0.25, -0.2) is 8.42 Å². The van der Waals surface area contributed by atoms with Crippen LogP contribution in [-0.2, 0) is 23.0 Å². The molecule has 3 aromatic rings. The molecular weight excluding hydrogens is 384 g/mol. The Morgan fingerprint density at radius 2 is 1.79 bits per heavy atom. The van der Waals surface area contributed by atoms with Gasteiger partial charge in [0.1, 0.15) is 0 Å². The third-order valence-corrected chi connectivity index (χ3v) is 6.89. The number of carbonyl (C=O) groups is 1. The van der Waals surface area contributed by atoms with Crippen LogP contribution in [-0.4, -0.2) is 20.9 Å². The molecule has 5 nitrogen and oxygen atoms in total. The van der Waals surface area contributed by atoms with Crippen LogP contribution in [0, 0.1) is 6.92 Å². The SMILES string of the molecule is Cc1cccc(CNC(=O)c2ccc3c(c2)CCN3S(=O)(=O)c2ccccc2)c1. The van der Waals surface area contributed by atoms with Gasteiger partial charge in [-0.05, 0) is 54.8 Å². The molecule has 4 rings (SSSR count). The van der Waals surface area contributed by atoms with Crippen molar-refractivity contribution >= 4 is 21.6 Å². The molecule has 0 spiro atoms. The van der Waals surface area contributed by atoms with Crippen LogP contribution in [0.15, 0.2) is 77.7 Å². The smallest absolute Gasteiger partial charge is 0.264 e. The maximum Gasteiger partial charge on any atom is 0.264 e. The standard InChI is InChI=1S/C23H22N2O3S/c1-17-6-5-7-18(14-17)16-24-23(26)20-10-11-22-19(15-20)12-13-25(22)29(27,28)21-8-3-2-4-9-21/h2-11,14-15H,12-13,16H2,1H3,(H,24,26). The van der Waals surface area contributed by atoms with Crippen molar-refractivity contribution in [3.8, 4) is 0 Å². The van der Waals surface area contributed by atoms with Crippen molar-refractivity contribution in [3.05, 3.63) is 95.1 Å². The second-order valence-corrected chi connectivity index (χ2v) is 9.02. The van der Waals surface area contributed by atoms with Gasteiger partial charge in [0.25, 0.3) is 15.9 Å². The molecule has 1 amide bonds. The van der Waals surface area contributed by atoms with E-state index in [9.17, 15) is 13.2 Å². The highest BCUT2D eigenvalue weighted by molar-refractivity contribution is 7.92. The quantitative estimate of drug-likeness (QED) is 0.703. The molecule has 1 heterocycles. The van der Waals surface area contributed by atoms with Gasteiger partial charge in [-0.1, -0.05) is 48.0 Å². The van der Waals surface area contributed by atoms with Crippen molar-refractivity contribution in [2.45, 2.75) is 24.8 Å². The summed E-state index contributed by atoms with van der Waals surface area (Å²) >= 11 is 0. The highest BCUT2D eigenvalue weighted by Crippen LogP contribution is 2.33. The molecule has 0 bridgehead atoms. The lowest BCUT2D eigenvalue weighted by molar-refractivity contribution is 0.0951. The monoisotopic (exact) mass is 406 g/mol. The molecular formula is C23H22N2O3S. The maximum absolute atomic E-state index is 12.9. The summed E-state index contributed by atoms with van der Waals surface area (Å²) in [5.41, 5.74) is 4.24. The summed E-state index contributed by atoms with van der Waals surface area (Å²) in [6, 6.07) is 21.6. The normalized spacial score (nSPS) is 13.2. The molecule has 0 saturated heterocycles. The van der Waals surface area contributed by atoms with E-state index < -0.39 is 10.0 Å². The molecule has 148 valence electrons. The van der Waals surface area contributed by atoms with Crippen molar-refractivity contribution in [2.24, 2.45) is 0 Å². The number of aryl methyl sites for hydroxylation is 1. The molecule has 0 aromatic heterocycles. The van der Waals surface area contributed by atoms with Crippen LogP contribution in [0.1, 0.15) is 27.0 Å². The van der Waals surface area contributed by atoms with Gasteiger partial charge >= 0.3 is 0 Å². The highest BCUT2D eigenvalue weighted by Gasteiger charge is 2.31. The number of nitrogens with one attached hydrogen (secondary N) is 1. The minimum absolute atomic E-state index is 0.168. The Kier molecular flexibility index (Phi) is 5.11. The van der Waals surface area contributed by atoms with Crippen molar-refractivity contribution in [3.63, 3.8) is 0 Å². The average Bonchev–Trinajstić information content (AvgIpc) is 3.17. The molecule has 0 saturated carbocycles. The summed E-state index contributed by atoms with van der Waals surface area (Å²) in [6.45, 7) is 2.84. The van der Waals surface area contributed by atoms with Gasteiger partial charge in [0, 0.05) is 18.7 Å². The topological polar surface area (TPSA) is 66.5 Å². The summed E-state index contributed by atoms with van der Waals surface area (Å²) in [5, 5.41) is 2.93. The van der Waals surface area contributed by atoms with E-state index in [0.29, 0.717) is 30.8 Å². The van der Waals surface area contributed by atoms with Gasteiger partial charge < -0.3 is 5.32 Å². The van der Waals surface area contributed by atoms with Crippen LogP contribution in [0.4, 0.5) is 5.69 Å². The Morgan fingerprint density at radius 3 is 2.55 bits per heavy atom. The van der Waals surface area contributed by atoms with Gasteiger partial charge in [-0.2, -0.15) is 0 Å². The van der Waals surface area contributed by atoms with Crippen LogP contribution < -0.4 is 9.62 Å². The first kappa shape index (κ1) is 19.2. The maximum atomic E-state index is 12.9. The number of fused-ring (bicyclic) bond motifs is 1. The van der Waals surface area contributed by atoms with Crippen molar-refractivity contribution in [1.29, 1.82) is 0 Å². The average molecular weight is 407 g/mol. The third kappa shape index (κ3) is 3.89. The molecule has 0 radical (unpaired) electrons. The van der Waals surface area contributed by atoms with Crippen LogP contribution in [0.25, 0.3) is 0 Å². The molecule has 0 unspecified atom stereocenters. The first-order valence-corrected chi connectivity index (χ1v) is 10.9. The Morgan fingerprint density at radius 1 is 1.00 bits per heavy atom. The molecule has 1 aliphatic heterocycles. The van der Waals surface area contributed by atoms with Crippen LogP contribution in [0.3, 0.4) is 0 Å². The van der Waals surface area contributed by atoms with E-state index in [-0.39, 0.29) is 10.8 Å². The van der Waals surface area contributed by atoms with Gasteiger partial charge in [-0.3, -0.25) is 9.10 Å². The Hall–Kier alpha value is -3.12. The summed E-state index contributed by atoms with van der Waals surface area (Å²) in [4.78, 5) is 12.8. The van der Waals surface area contributed by atoms with Crippen LogP contribution >= 0.6 is 0 Å². The predicted molar refractivity (Wildman–Crippen MR) is 113 cm³/mol. The second-order valence-electron chi connectivity index (χ2n) is 7.16. The van der Waals surface area contributed by atoms with Crippen LogP contribution in [0.2, 0.25) is 0 Å². The molecule has 0 aliphatic carbocycles. The van der Waals surface area contributed by atoms with E-state index in [1.165, 1.54) is 4.31 Å². The lowest BCUT2D eigenvalue weighted by Gasteiger charge is -2.19. The summed E-state index contributed by atoms with van der Waals surface area (Å²) in [7, 11) is -3.60. The summed E-state index contributed by atoms with van der Waals surface area (Å²) in [5.74, 6) is -0.168. The van der Waals surface area contributed by atoms with Crippen molar-refractivity contribution in [2.75, 3.05) is 10.8 Å². The lowest BCUT2D eigenvalue weighted by Crippen LogP contribution is -2.29. The van der Waals surface area contributed by atoms with E-state index in [1.54, 1.807) is 48.5 Å². The van der Waals surface area contributed by atoms with Gasteiger partial charge in [-0.15, -0.1) is 0 Å². The highest BCUT2D eigenvalue weighted by atomic mass is 32.2. The number of hydrogen-bond donors (Lipinski definition) is 1. The van der Waals surface area contributed by atoms with E-state index in [2.05, 4.69) is 5.32 Å². The number of amides is 1. The van der Waals surface area contributed by atoms with E-state index in [1.807, 2.05) is 31.2 Å². The fraction of sp³-hybridized carbons (Fsp3) is 0.174. The van der Waals surface area contributed by atoms with Crippen molar-refractivity contribution in [1.82, 2.24) is 5.32 Å². The number of sulfonamides is 1. The summed E-state index contributed by atoms with van der Waals surface area (Å²) in [6.07, 6.45) is 0.584. The number of carbonyl (C=O) groups excluding carboxylic acids is 1. The zero-order valence-electron chi connectivity index (χ0n) is 16.1. The number of hydrogen-bond acceptors (Lipinski definition) is 3. The molecule has 1 aliphatic rings. The molecule has 1 N–H and O–H groups in total. The third-order valence-electron chi connectivity index (χ3n) is 5.06. The first-order chi connectivity index (χ1) is 13.9. The Balaban J connectivity index is 1.52. The zero-order chi connectivity index (χ0) is 20.4. The number of rotatable bonds is 5. The summed E-state index contributed by atoms with van der Waals surface area (Å²) < 4.78 is 27.3. The number of nitrogens with zero attached hydrogens (tertiary/aromatic N) is 1. The van der Waals surface area contributed by atoms with Gasteiger partial charge in [0.2, 0.25) is 0 Å². The molecule has 0 atom stereocenters. The minimum atomic E-state index is -3.60. The fourth-order valence-electron chi connectivity index (χ4n) is 3.59. The van der Waals surface area contributed by atoms with Crippen LogP contribution in [0.5, 0.6) is 0 Å². The van der Waals surface area contributed by atoms with E-state index >= 15 is 0 Å². The predicted octanol–water partition coefficient (Wildman–Crippen LogP) is 3.68. The molecule has 0 fully saturated rings. The Bertz CT molecular complexity index is 1160. The molecule has 3 aromatic carbocycles. The first-order valence-electron chi connectivity index (χ1n) is 9.49. The largest absolute Gasteiger partial charge is 0.348 e. The molecule has 6 heteroatoms. The lowest BCUT2D eigenvalue weighted by atomic mass is 10.1. The van der Waals surface area contributed by atoms with E-state index in [4.69, 9.17) is 0 Å².